The van der Waals surface area contributed by atoms with E-state index in [1.807, 2.05) is 30.3 Å². The molecule has 0 unspecified atom stereocenters. The molecule has 0 aliphatic heterocycles. The summed E-state index contributed by atoms with van der Waals surface area (Å²) in [6, 6.07) is 10.4. The normalized spacial score (nSPS) is 10.8. The van der Waals surface area contributed by atoms with Gasteiger partial charge in [-0.1, -0.05) is 12.1 Å². The van der Waals surface area contributed by atoms with Gasteiger partial charge in [0.25, 0.3) is 0 Å². The van der Waals surface area contributed by atoms with E-state index in [0.29, 0.717) is 11.9 Å². The van der Waals surface area contributed by atoms with Crippen molar-refractivity contribution >= 4 is 16.6 Å². The summed E-state index contributed by atoms with van der Waals surface area (Å²) in [6.07, 6.45) is 0. The summed E-state index contributed by atoms with van der Waals surface area (Å²) < 4.78 is 5.14. The molecule has 1 aromatic carbocycles. The number of ether oxygens (including phenoxy) is 1. The monoisotopic (exact) mass is 216 g/mol. The lowest BCUT2D eigenvalue weighted by atomic mass is 10.2. The molecule has 3 nitrogen and oxygen atoms in total. The fourth-order valence-electron chi connectivity index (χ4n) is 1.67. The van der Waals surface area contributed by atoms with E-state index in [0.717, 1.165) is 16.6 Å². The van der Waals surface area contributed by atoms with E-state index in [1.54, 1.807) is 7.11 Å². The van der Waals surface area contributed by atoms with Crippen LogP contribution in [0.4, 0.5) is 5.69 Å². The number of benzene rings is 1. The first-order valence-corrected chi connectivity index (χ1v) is 5.41. The molecule has 0 amide bonds. The quantitative estimate of drug-likeness (QED) is 0.856. The first-order chi connectivity index (χ1) is 7.70. The van der Waals surface area contributed by atoms with Crippen LogP contribution in [-0.2, 0) is 0 Å². The summed E-state index contributed by atoms with van der Waals surface area (Å²) in [5.41, 5.74) is 2.00. The highest BCUT2D eigenvalue weighted by Crippen LogP contribution is 2.24. The van der Waals surface area contributed by atoms with Crippen LogP contribution in [0, 0.1) is 0 Å². The fraction of sp³-hybridized carbons (Fsp3) is 0.308. The molecule has 1 N–H and O–H groups in total. The van der Waals surface area contributed by atoms with Crippen molar-refractivity contribution in [1.29, 1.82) is 0 Å². The van der Waals surface area contributed by atoms with Crippen LogP contribution in [0.5, 0.6) is 5.88 Å². The summed E-state index contributed by atoms with van der Waals surface area (Å²) in [7, 11) is 1.63. The number of methoxy groups -OCH3 is 1. The van der Waals surface area contributed by atoms with Crippen molar-refractivity contribution in [3.63, 3.8) is 0 Å². The molecular weight excluding hydrogens is 200 g/mol. The van der Waals surface area contributed by atoms with Gasteiger partial charge in [0.15, 0.2) is 0 Å². The van der Waals surface area contributed by atoms with Crippen LogP contribution in [-0.4, -0.2) is 18.1 Å². The smallest absolute Gasteiger partial charge is 0.213 e. The van der Waals surface area contributed by atoms with Crippen molar-refractivity contribution in [2.75, 3.05) is 12.4 Å². The number of hydrogen-bond donors (Lipinski definition) is 1. The van der Waals surface area contributed by atoms with Gasteiger partial charge in [0.2, 0.25) is 5.88 Å². The third-order valence-corrected chi connectivity index (χ3v) is 2.35. The number of nitrogens with zero attached hydrogens (tertiary/aromatic N) is 1. The number of fused-ring (bicyclic) bond motifs is 1. The summed E-state index contributed by atoms with van der Waals surface area (Å²) in [4.78, 5) is 4.46. The van der Waals surface area contributed by atoms with Crippen molar-refractivity contribution in [2.24, 2.45) is 0 Å². The molecular formula is C13H16N2O. The zero-order valence-corrected chi connectivity index (χ0v) is 9.82. The number of rotatable bonds is 3. The van der Waals surface area contributed by atoms with E-state index < -0.39 is 0 Å². The maximum Gasteiger partial charge on any atom is 0.213 e. The molecule has 0 fully saturated rings. The van der Waals surface area contributed by atoms with Crippen molar-refractivity contribution in [3.8, 4) is 5.88 Å². The fourth-order valence-corrected chi connectivity index (χ4v) is 1.67. The van der Waals surface area contributed by atoms with E-state index in [2.05, 4.69) is 24.1 Å². The average Bonchev–Trinajstić information content (AvgIpc) is 2.28. The topological polar surface area (TPSA) is 34.1 Å². The summed E-state index contributed by atoms with van der Waals surface area (Å²) >= 11 is 0. The molecule has 0 atom stereocenters. The molecule has 0 radical (unpaired) electrons. The number of hydrogen-bond acceptors (Lipinski definition) is 3. The van der Waals surface area contributed by atoms with Gasteiger partial charge in [-0.15, -0.1) is 0 Å². The molecule has 0 aliphatic rings. The predicted molar refractivity (Wildman–Crippen MR) is 67.1 cm³/mol. The number of para-hydroxylation sites is 1. The summed E-state index contributed by atoms with van der Waals surface area (Å²) in [5.74, 6) is 0.644. The predicted octanol–water partition coefficient (Wildman–Crippen LogP) is 3.06. The second kappa shape index (κ2) is 4.39. The minimum Gasteiger partial charge on any atom is -0.481 e. The molecule has 0 spiro atoms. The number of pyridine rings is 1. The van der Waals surface area contributed by atoms with E-state index in [4.69, 9.17) is 4.74 Å². The van der Waals surface area contributed by atoms with Crippen LogP contribution < -0.4 is 10.1 Å². The Morgan fingerprint density at radius 2 is 2.00 bits per heavy atom. The minimum atomic E-state index is 0.388. The zero-order valence-electron chi connectivity index (χ0n) is 9.82. The highest BCUT2D eigenvalue weighted by atomic mass is 16.5. The Labute approximate surface area is 95.5 Å². The second-order valence-corrected chi connectivity index (χ2v) is 4.03. The highest BCUT2D eigenvalue weighted by molar-refractivity contribution is 5.90. The first-order valence-electron chi connectivity index (χ1n) is 5.41. The van der Waals surface area contributed by atoms with Gasteiger partial charge < -0.3 is 10.1 Å². The molecule has 2 rings (SSSR count). The Morgan fingerprint density at radius 1 is 1.19 bits per heavy atom. The van der Waals surface area contributed by atoms with E-state index in [1.165, 1.54) is 0 Å². The van der Waals surface area contributed by atoms with Gasteiger partial charge in [0, 0.05) is 17.5 Å². The Morgan fingerprint density at radius 3 is 2.69 bits per heavy atom. The van der Waals surface area contributed by atoms with Gasteiger partial charge in [-0.3, -0.25) is 0 Å². The van der Waals surface area contributed by atoms with Crippen molar-refractivity contribution in [2.45, 2.75) is 19.9 Å². The van der Waals surface area contributed by atoms with Crippen molar-refractivity contribution in [3.05, 3.63) is 30.3 Å². The molecule has 1 aromatic heterocycles. The SMILES string of the molecule is COc1ccc2cccc(NC(C)C)c2n1. The first kappa shape index (κ1) is 10.7. The minimum absolute atomic E-state index is 0.388. The van der Waals surface area contributed by atoms with Gasteiger partial charge in [0.05, 0.1) is 18.3 Å². The maximum atomic E-state index is 5.14. The standard InChI is InChI=1S/C13H16N2O/c1-9(2)14-11-6-4-5-10-7-8-12(16-3)15-13(10)11/h4-9,14H,1-3H3. The molecule has 1 heterocycles. The van der Waals surface area contributed by atoms with Crippen LogP contribution in [0.25, 0.3) is 10.9 Å². The Hall–Kier alpha value is -1.77. The van der Waals surface area contributed by atoms with E-state index >= 15 is 0 Å². The Bertz CT molecular complexity index is 494. The van der Waals surface area contributed by atoms with Gasteiger partial charge in [-0.05, 0) is 26.0 Å². The van der Waals surface area contributed by atoms with Crippen LogP contribution in [0.1, 0.15) is 13.8 Å². The van der Waals surface area contributed by atoms with Gasteiger partial charge in [0.1, 0.15) is 0 Å². The van der Waals surface area contributed by atoms with E-state index in [9.17, 15) is 0 Å². The lowest BCUT2D eigenvalue weighted by Gasteiger charge is -2.12. The molecule has 0 saturated heterocycles. The number of nitrogens with one attached hydrogen (secondary N) is 1. The number of aromatic nitrogens is 1. The van der Waals surface area contributed by atoms with Crippen LogP contribution in [0.3, 0.4) is 0 Å². The third kappa shape index (κ3) is 2.08. The van der Waals surface area contributed by atoms with Gasteiger partial charge in [-0.25, -0.2) is 4.98 Å². The number of anilines is 1. The second-order valence-electron chi connectivity index (χ2n) is 4.03. The summed E-state index contributed by atoms with van der Waals surface area (Å²) in [5, 5.41) is 4.50. The van der Waals surface area contributed by atoms with Crippen LogP contribution >= 0.6 is 0 Å². The van der Waals surface area contributed by atoms with Crippen molar-refractivity contribution in [1.82, 2.24) is 4.98 Å². The maximum absolute atomic E-state index is 5.14. The molecule has 3 heteroatoms. The van der Waals surface area contributed by atoms with Crippen LogP contribution in [0.15, 0.2) is 30.3 Å². The highest BCUT2D eigenvalue weighted by Gasteiger charge is 2.04. The lowest BCUT2D eigenvalue weighted by Crippen LogP contribution is -2.10. The van der Waals surface area contributed by atoms with Crippen molar-refractivity contribution < 1.29 is 4.74 Å². The molecule has 0 saturated carbocycles. The van der Waals surface area contributed by atoms with Crippen LogP contribution in [0.2, 0.25) is 0 Å². The molecule has 84 valence electrons. The Balaban J connectivity index is 2.55. The molecule has 0 aliphatic carbocycles. The zero-order chi connectivity index (χ0) is 11.5. The molecule has 2 aromatic rings. The van der Waals surface area contributed by atoms with Gasteiger partial charge in [-0.2, -0.15) is 0 Å². The molecule has 0 bridgehead atoms. The van der Waals surface area contributed by atoms with Gasteiger partial charge >= 0.3 is 0 Å². The average molecular weight is 216 g/mol. The summed E-state index contributed by atoms with van der Waals surface area (Å²) in [6.45, 7) is 4.22. The Kier molecular flexibility index (Phi) is 2.95. The third-order valence-electron chi connectivity index (χ3n) is 2.35. The lowest BCUT2D eigenvalue weighted by molar-refractivity contribution is 0.399. The molecule has 16 heavy (non-hydrogen) atoms. The van der Waals surface area contributed by atoms with E-state index in [-0.39, 0.29) is 0 Å². The largest absolute Gasteiger partial charge is 0.481 e.